The maximum absolute atomic E-state index is 13.3. The van der Waals surface area contributed by atoms with E-state index in [9.17, 15) is 17.6 Å². The zero-order valence-electron chi connectivity index (χ0n) is 14.1. The van der Waals surface area contributed by atoms with Gasteiger partial charge in [-0.1, -0.05) is 0 Å². The third kappa shape index (κ3) is 4.15. The molecule has 0 aliphatic rings. The lowest BCUT2D eigenvalue weighted by atomic mass is 10.1. The summed E-state index contributed by atoms with van der Waals surface area (Å²) < 4.78 is 38.0. The van der Waals surface area contributed by atoms with Crippen LogP contribution in [0.1, 0.15) is 16.1 Å². The molecule has 0 unspecified atom stereocenters. The number of fused-ring (bicyclic) bond motifs is 1. The summed E-state index contributed by atoms with van der Waals surface area (Å²) in [6.07, 6.45) is 1.06. The summed E-state index contributed by atoms with van der Waals surface area (Å²) in [5.74, 6) is -0.741. The highest BCUT2D eigenvalue weighted by Gasteiger charge is 2.12. The van der Waals surface area contributed by atoms with Crippen molar-refractivity contribution in [1.82, 2.24) is 4.98 Å². The largest absolute Gasteiger partial charge is 0.322 e. The SMILES string of the molecule is Cc1nc2cc(F)ccc2cc1C(=O)Nc1ccc(NS(C)(=O)=O)cc1. The molecule has 1 amide bonds. The van der Waals surface area contributed by atoms with E-state index in [0.717, 1.165) is 6.26 Å². The van der Waals surface area contributed by atoms with E-state index in [1.54, 1.807) is 43.3 Å². The number of pyridine rings is 1. The number of nitrogens with zero attached hydrogens (tertiary/aromatic N) is 1. The summed E-state index contributed by atoms with van der Waals surface area (Å²) in [6.45, 7) is 1.68. The molecule has 0 saturated carbocycles. The van der Waals surface area contributed by atoms with E-state index in [2.05, 4.69) is 15.0 Å². The molecule has 2 aromatic carbocycles. The zero-order valence-corrected chi connectivity index (χ0v) is 14.9. The molecule has 8 heteroatoms. The molecule has 0 fully saturated rings. The number of aromatic nitrogens is 1. The molecule has 0 radical (unpaired) electrons. The first-order chi connectivity index (χ1) is 12.2. The Morgan fingerprint density at radius 1 is 1.04 bits per heavy atom. The monoisotopic (exact) mass is 373 g/mol. The van der Waals surface area contributed by atoms with Crippen molar-refractivity contribution in [2.45, 2.75) is 6.92 Å². The van der Waals surface area contributed by atoms with E-state index in [-0.39, 0.29) is 11.7 Å². The third-order valence-corrected chi connectivity index (χ3v) is 4.27. The van der Waals surface area contributed by atoms with Crippen LogP contribution in [0.3, 0.4) is 0 Å². The van der Waals surface area contributed by atoms with Crippen LogP contribution in [-0.2, 0) is 10.0 Å². The van der Waals surface area contributed by atoms with Gasteiger partial charge in [0, 0.05) is 22.8 Å². The normalized spacial score (nSPS) is 11.3. The molecule has 2 N–H and O–H groups in total. The van der Waals surface area contributed by atoms with Crippen LogP contribution >= 0.6 is 0 Å². The average Bonchev–Trinajstić information content (AvgIpc) is 2.54. The molecule has 1 heterocycles. The highest BCUT2D eigenvalue weighted by molar-refractivity contribution is 7.92. The zero-order chi connectivity index (χ0) is 18.9. The molecule has 1 aromatic heterocycles. The van der Waals surface area contributed by atoms with Gasteiger partial charge in [-0.2, -0.15) is 0 Å². The van der Waals surface area contributed by atoms with Crippen LogP contribution < -0.4 is 10.0 Å². The second-order valence-corrected chi connectivity index (χ2v) is 7.61. The summed E-state index contributed by atoms with van der Waals surface area (Å²) in [5, 5.41) is 3.40. The van der Waals surface area contributed by atoms with Crippen LogP contribution in [0.15, 0.2) is 48.5 Å². The number of aryl methyl sites for hydroxylation is 1. The number of carbonyl (C=O) groups is 1. The van der Waals surface area contributed by atoms with Crippen molar-refractivity contribution >= 4 is 38.2 Å². The van der Waals surface area contributed by atoms with Gasteiger partial charge in [-0.15, -0.1) is 0 Å². The fourth-order valence-corrected chi connectivity index (χ4v) is 3.06. The molecule has 134 valence electrons. The van der Waals surface area contributed by atoms with Crippen molar-refractivity contribution in [1.29, 1.82) is 0 Å². The quantitative estimate of drug-likeness (QED) is 0.734. The van der Waals surface area contributed by atoms with Crippen molar-refractivity contribution < 1.29 is 17.6 Å². The van der Waals surface area contributed by atoms with Crippen LogP contribution in [0.25, 0.3) is 10.9 Å². The second kappa shape index (κ2) is 6.72. The number of amides is 1. The molecule has 0 aliphatic heterocycles. The number of hydrogen-bond acceptors (Lipinski definition) is 4. The van der Waals surface area contributed by atoms with Gasteiger partial charge in [-0.25, -0.2) is 12.8 Å². The van der Waals surface area contributed by atoms with Gasteiger partial charge in [0.05, 0.1) is 23.0 Å². The Kier molecular flexibility index (Phi) is 4.60. The molecule has 0 aliphatic carbocycles. The lowest BCUT2D eigenvalue weighted by Gasteiger charge is -2.10. The number of hydrogen-bond donors (Lipinski definition) is 2. The number of anilines is 2. The second-order valence-electron chi connectivity index (χ2n) is 5.86. The first-order valence-electron chi connectivity index (χ1n) is 7.67. The maximum atomic E-state index is 13.3. The first kappa shape index (κ1) is 17.8. The molecule has 26 heavy (non-hydrogen) atoms. The lowest BCUT2D eigenvalue weighted by Crippen LogP contribution is -2.14. The van der Waals surface area contributed by atoms with Gasteiger partial charge < -0.3 is 5.32 Å². The molecule has 6 nitrogen and oxygen atoms in total. The van der Waals surface area contributed by atoms with Crippen molar-refractivity contribution in [2.75, 3.05) is 16.3 Å². The fourth-order valence-electron chi connectivity index (χ4n) is 2.50. The topological polar surface area (TPSA) is 88.2 Å². The average molecular weight is 373 g/mol. The Morgan fingerprint density at radius 3 is 2.35 bits per heavy atom. The van der Waals surface area contributed by atoms with E-state index in [0.29, 0.717) is 33.5 Å². The van der Waals surface area contributed by atoms with E-state index >= 15 is 0 Å². The molecule has 0 atom stereocenters. The standard InChI is InChI=1S/C18H16FN3O3S/c1-11-16(9-12-3-4-13(19)10-17(12)20-11)18(23)21-14-5-7-15(8-6-14)22-26(2,24)25/h3-10,22H,1-2H3,(H,21,23). The highest BCUT2D eigenvalue weighted by Crippen LogP contribution is 2.20. The minimum atomic E-state index is -3.36. The molecule has 0 saturated heterocycles. The predicted molar refractivity (Wildman–Crippen MR) is 99.3 cm³/mol. The Morgan fingerprint density at radius 2 is 1.69 bits per heavy atom. The van der Waals surface area contributed by atoms with Crippen molar-refractivity contribution in [3.05, 3.63) is 65.6 Å². The van der Waals surface area contributed by atoms with Gasteiger partial charge in [-0.3, -0.25) is 14.5 Å². The van der Waals surface area contributed by atoms with Gasteiger partial charge in [-0.05, 0) is 49.4 Å². The van der Waals surface area contributed by atoms with Gasteiger partial charge in [0.15, 0.2) is 0 Å². The van der Waals surface area contributed by atoms with Crippen LogP contribution in [0.4, 0.5) is 15.8 Å². The lowest BCUT2D eigenvalue weighted by molar-refractivity contribution is 0.102. The summed E-state index contributed by atoms with van der Waals surface area (Å²) in [5.41, 5.74) is 2.25. The summed E-state index contributed by atoms with van der Waals surface area (Å²) >= 11 is 0. The Bertz CT molecular complexity index is 1100. The molecular weight excluding hydrogens is 357 g/mol. The van der Waals surface area contributed by atoms with E-state index in [1.165, 1.54) is 12.1 Å². The fraction of sp³-hybridized carbons (Fsp3) is 0.111. The van der Waals surface area contributed by atoms with Gasteiger partial charge >= 0.3 is 0 Å². The Labute approximate surface area is 150 Å². The van der Waals surface area contributed by atoms with Gasteiger partial charge in [0.2, 0.25) is 10.0 Å². The predicted octanol–water partition coefficient (Wildman–Crippen LogP) is 3.31. The van der Waals surface area contributed by atoms with E-state index in [4.69, 9.17) is 0 Å². The summed E-state index contributed by atoms with van der Waals surface area (Å²) in [6, 6.07) is 12.1. The third-order valence-electron chi connectivity index (χ3n) is 3.66. The van der Waals surface area contributed by atoms with E-state index in [1.807, 2.05) is 0 Å². The summed E-state index contributed by atoms with van der Waals surface area (Å²) in [7, 11) is -3.36. The minimum absolute atomic E-state index is 0.356. The van der Waals surface area contributed by atoms with Crippen LogP contribution in [0.2, 0.25) is 0 Å². The Hall–Kier alpha value is -3.00. The van der Waals surface area contributed by atoms with Gasteiger partial charge in [0.25, 0.3) is 5.91 Å². The maximum Gasteiger partial charge on any atom is 0.257 e. The number of nitrogens with one attached hydrogen (secondary N) is 2. The molecular formula is C18H16FN3O3S. The summed E-state index contributed by atoms with van der Waals surface area (Å²) in [4.78, 5) is 16.8. The number of benzene rings is 2. The Balaban J connectivity index is 1.82. The smallest absolute Gasteiger partial charge is 0.257 e. The number of carbonyl (C=O) groups excluding carboxylic acids is 1. The van der Waals surface area contributed by atoms with Crippen LogP contribution in [0, 0.1) is 12.7 Å². The first-order valence-corrected chi connectivity index (χ1v) is 9.56. The van der Waals surface area contributed by atoms with E-state index < -0.39 is 10.0 Å². The molecule has 3 aromatic rings. The van der Waals surface area contributed by atoms with Gasteiger partial charge in [0.1, 0.15) is 5.82 Å². The van der Waals surface area contributed by atoms with Crippen molar-refractivity contribution in [3.8, 4) is 0 Å². The molecule has 0 bridgehead atoms. The molecule has 0 spiro atoms. The number of rotatable bonds is 4. The molecule has 3 rings (SSSR count). The van der Waals surface area contributed by atoms with Crippen LogP contribution in [0.5, 0.6) is 0 Å². The van der Waals surface area contributed by atoms with Crippen molar-refractivity contribution in [2.24, 2.45) is 0 Å². The number of sulfonamides is 1. The number of halogens is 1. The minimum Gasteiger partial charge on any atom is -0.322 e. The highest BCUT2D eigenvalue weighted by atomic mass is 32.2. The van der Waals surface area contributed by atoms with Crippen molar-refractivity contribution in [3.63, 3.8) is 0 Å². The van der Waals surface area contributed by atoms with Crippen LogP contribution in [-0.4, -0.2) is 25.6 Å².